The van der Waals surface area contributed by atoms with E-state index in [1.165, 1.54) is 56.8 Å². The average Bonchev–Trinajstić information content (AvgIpc) is 2.41. The number of hydrogen-bond donors (Lipinski definition) is 1. The summed E-state index contributed by atoms with van der Waals surface area (Å²) in [4.78, 5) is 13.0. The molecule has 2 rings (SSSR count). The Morgan fingerprint density at radius 1 is 1.05 bits per heavy atom. The highest BCUT2D eigenvalue weighted by molar-refractivity contribution is 5.85. The van der Waals surface area contributed by atoms with Crippen LogP contribution in [0.25, 0.3) is 6.08 Å². The minimum absolute atomic E-state index is 0.908. The number of benzene rings is 1. The third kappa shape index (κ3) is 5.17. The molecule has 0 saturated carbocycles. The van der Waals surface area contributed by atoms with Gasteiger partial charge in [-0.15, -0.1) is 0 Å². The summed E-state index contributed by atoms with van der Waals surface area (Å²) in [5, 5.41) is 8.60. The molecule has 0 aliphatic carbocycles. The maximum absolute atomic E-state index is 10.5. The largest absolute Gasteiger partial charge is 0.478 e. The van der Waals surface area contributed by atoms with E-state index in [4.69, 9.17) is 5.11 Å². The van der Waals surface area contributed by atoms with Crippen molar-refractivity contribution in [1.82, 2.24) is 4.90 Å². The van der Waals surface area contributed by atoms with Crippen molar-refractivity contribution in [3.63, 3.8) is 0 Å². The van der Waals surface area contributed by atoms with Gasteiger partial charge in [-0.05, 0) is 43.1 Å². The van der Waals surface area contributed by atoms with Crippen LogP contribution in [0.5, 0.6) is 0 Å². The number of likely N-dealkylation sites (tertiary alicyclic amines) is 1. The third-order valence-electron chi connectivity index (χ3n) is 3.75. The Balaban J connectivity index is 1.90. The smallest absolute Gasteiger partial charge is 0.328 e. The van der Waals surface area contributed by atoms with Gasteiger partial charge in [-0.1, -0.05) is 43.5 Å². The standard InChI is InChI=1S/C17H23NO2/c19-17(20)11-10-15-6-8-16(9-7-15)14-18-12-4-2-1-3-5-13-18/h6-11H,1-5,12-14H2,(H,19,20). The molecule has 0 bridgehead atoms. The second kappa shape index (κ2) is 7.85. The molecule has 20 heavy (non-hydrogen) atoms. The van der Waals surface area contributed by atoms with Gasteiger partial charge in [0.15, 0.2) is 0 Å². The lowest BCUT2D eigenvalue weighted by molar-refractivity contribution is -0.131. The molecular weight excluding hydrogens is 250 g/mol. The molecule has 0 amide bonds. The van der Waals surface area contributed by atoms with Crippen molar-refractivity contribution in [3.05, 3.63) is 41.5 Å². The summed E-state index contributed by atoms with van der Waals surface area (Å²) in [7, 11) is 0. The van der Waals surface area contributed by atoms with E-state index < -0.39 is 5.97 Å². The average molecular weight is 273 g/mol. The van der Waals surface area contributed by atoms with Crippen molar-refractivity contribution < 1.29 is 9.90 Å². The minimum atomic E-state index is -0.908. The van der Waals surface area contributed by atoms with Crippen molar-refractivity contribution in [1.29, 1.82) is 0 Å². The number of carbonyl (C=O) groups is 1. The quantitative estimate of drug-likeness (QED) is 0.853. The van der Waals surface area contributed by atoms with Gasteiger partial charge in [0.05, 0.1) is 0 Å². The highest BCUT2D eigenvalue weighted by Gasteiger charge is 2.08. The molecule has 1 aliphatic heterocycles. The van der Waals surface area contributed by atoms with E-state index in [0.717, 1.165) is 12.1 Å². The van der Waals surface area contributed by atoms with Crippen LogP contribution in [0.15, 0.2) is 30.3 Å². The predicted molar refractivity (Wildman–Crippen MR) is 81.5 cm³/mol. The van der Waals surface area contributed by atoms with Gasteiger partial charge in [-0.25, -0.2) is 4.79 Å². The topological polar surface area (TPSA) is 40.5 Å². The van der Waals surface area contributed by atoms with Crippen molar-refractivity contribution in [3.8, 4) is 0 Å². The molecule has 0 spiro atoms. The van der Waals surface area contributed by atoms with Crippen LogP contribution < -0.4 is 0 Å². The van der Waals surface area contributed by atoms with Crippen LogP contribution in [0.4, 0.5) is 0 Å². The second-order valence-corrected chi connectivity index (χ2v) is 5.46. The highest BCUT2D eigenvalue weighted by Crippen LogP contribution is 2.14. The first-order valence-corrected chi connectivity index (χ1v) is 7.46. The van der Waals surface area contributed by atoms with Gasteiger partial charge in [0, 0.05) is 12.6 Å². The van der Waals surface area contributed by atoms with Crippen LogP contribution in [0, 0.1) is 0 Å². The molecular formula is C17H23NO2. The zero-order valence-corrected chi connectivity index (χ0v) is 11.9. The van der Waals surface area contributed by atoms with Gasteiger partial charge in [0.25, 0.3) is 0 Å². The summed E-state index contributed by atoms with van der Waals surface area (Å²) in [6, 6.07) is 8.16. The van der Waals surface area contributed by atoms with E-state index in [-0.39, 0.29) is 0 Å². The Labute approximate surface area is 120 Å². The van der Waals surface area contributed by atoms with Crippen LogP contribution in [-0.4, -0.2) is 29.1 Å². The first-order valence-electron chi connectivity index (χ1n) is 7.46. The molecule has 0 radical (unpaired) electrons. The molecule has 1 fully saturated rings. The SMILES string of the molecule is O=C(O)C=Cc1ccc(CN2CCCCCCC2)cc1. The van der Waals surface area contributed by atoms with Gasteiger partial charge in [-0.2, -0.15) is 0 Å². The van der Waals surface area contributed by atoms with Crippen molar-refractivity contribution >= 4 is 12.0 Å². The van der Waals surface area contributed by atoms with E-state index >= 15 is 0 Å². The number of carboxylic acid groups (broad SMARTS) is 1. The lowest BCUT2D eigenvalue weighted by Crippen LogP contribution is -2.26. The fraction of sp³-hybridized carbons (Fsp3) is 0.471. The first kappa shape index (κ1) is 14.8. The zero-order chi connectivity index (χ0) is 14.2. The lowest BCUT2D eigenvalue weighted by Gasteiger charge is -2.24. The van der Waals surface area contributed by atoms with Gasteiger partial charge < -0.3 is 5.11 Å². The fourth-order valence-corrected chi connectivity index (χ4v) is 2.63. The predicted octanol–water partition coefficient (Wildman–Crippen LogP) is 3.55. The number of carboxylic acids is 1. The summed E-state index contributed by atoms with van der Waals surface area (Å²) < 4.78 is 0. The highest BCUT2D eigenvalue weighted by atomic mass is 16.4. The Hall–Kier alpha value is -1.61. The van der Waals surface area contributed by atoms with E-state index in [2.05, 4.69) is 17.0 Å². The van der Waals surface area contributed by atoms with E-state index in [0.29, 0.717) is 0 Å². The molecule has 0 atom stereocenters. The summed E-state index contributed by atoms with van der Waals surface area (Å²) >= 11 is 0. The molecule has 1 aromatic rings. The second-order valence-electron chi connectivity index (χ2n) is 5.46. The Bertz CT molecular complexity index is 443. The molecule has 108 valence electrons. The van der Waals surface area contributed by atoms with E-state index in [9.17, 15) is 4.79 Å². The van der Waals surface area contributed by atoms with Crippen LogP contribution >= 0.6 is 0 Å². The molecule has 3 heteroatoms. The third-order valence-corrected chi connectivity index (χ3v) is 3.75. The number of rotatable bonds is 4. The summed E-state index contributed by atoms with van der Waals surface area (Å²) in [5.74, 6) is -0.908. The normalized spacial score (nSPS) is 17.8. The van der Waals surface area contributed by atoms with Crippen LogP contribution in [0.3, 0.4) is 0 Å². The summed E-state index contributed by atoms with van der Waals surface area (Å²) in [6.45, 7) is 3.39. The maximum Gasteiger partial charge on any atom is 0.328 e. The van der Waals surface area contributed by atoms with Gasteiger partial charge in [0.2, 0.25) is 0 Å². The Kier molecular flexibility index (Phi) is 5.81. The summed E-state index contributed by atoms with van der Waals surface area (Å²) in [6.07, 6.45) is 9.51. The molecule has 1 aliphatic rings. The molecule has 1 saturated heterocycles. The maximum atomic E-state index is 10.5. The monoisotopic (exact) mass is 273 g/mol. The van der Waals surface area contributed by atoms with Gasteiger partial charge >= 0.3 is 5.97 Å². The van der Waals surface area contributed by atoms with Crippen molar-refractivity contribution in [2.75, 3.05) is 13.1 Å². The fourth-order valence-electron chi connectivity index (χ4n) is 2.63. The molecule has 3 nitrogen and oxygen atoms in total. The Morgan fingerprint density at radius 2 is 1.65 bits per heavy atom. The van der Waals surface area contributed by atoms with E-state index in [1.54, 1.807) is 6.08 Å². The molecule has 0 unspecified atom stereocenters. The minimum Gasteiger partial charge on any atom is -0.478 e. The van der Waals surface area contributed by atoms with Gasteiger partial charge in [0.1, 0.15) is 0 Å². The lowest BCUT2D eigenvalue weighted by atomic mass is 10.1. The first-order chi connectivity index (χ1) is 9.74. The van der Waals surface area contributed by atoms with Crippen LogP contribution in [0.1, 0.15) is 43.2 Å². The Morgan fingerprint density at radius 3 is 2.25 bits per heavy atom. The number of hydrogen-bond acceptors (Lipinski definition) is 2. The van der Waals surface area contributed by atoms with Crippen molar-refractivity contribution in [2.45, 2.75) is 38.6 Å². The zero-order valence-electron chi connectivity index (χ0n) is 11.9. The number of aliphatic carboxylic acids is 1. The molecule has 1 heterocycles. The molecule has 0 aromatic heterocycles. The van der Waals surface area contributed by atoms with Crippen LogP contribution in [0.2, 0.25) is 0 Å². The number of nitrogens with zero attached hydrogens (tertiary/aromatic N) is 1. The van der Waals surface area contributed by atoms with Gasteiger partial charge in [-0.3, -0.25) is 4.90 Å². The summed E-state index contributed by atoms with van der Waals surface area (Å²) in [5.41, 5.74) is 2.24. The molecule has 1 aromatic carbocycles. The van der Waals surface area contributed by atoms with Crippen molar-refractivity contribution in [2.24, 2.45) is 0 Å². The van der Waals surface area contributed by atoms with E-state index in [1.807, 2.05) is 12.1 Å². The van der Waals surface area contributed by atoms with Crippen LogP contribution in [-0.2, 0) is 11.3 Å². The molecule has 1 N–H and O–H groups in total.